The van der Waals surface area contributed by atoms with Gasteiger partial charge in [0.1, 0.15) is 12.0 Å². The highest BCUT2D eigenvalue weighted by atomic mass is 16.5. The molecule has 0 heterocycles. The maximum absolute atomic E-state index is 10.7. The predicted octanol–water partition coefficient (Wildman–Crippen LogP) is 4.01. The van der Waals surface area contributed by atoms with Crippen molar-refractivity contribution in [1.29, 1.82) is 0 Å². The second kappa shape index (κ2) is 9.97. The van der Waals surface area contributed by atoms with E-state index >= 15 is 0 Å². The van der Waals surface area contributed by atoms with Crippen LogP contribution in [0, 0.1) is 17.8 Å². The van der Waals surface area contributed by atoms with Crippen LogP contribution in [0.1, 0.15) is 39.2 Å². The largest absolute Gasteiger partial charge is 0.497 e. The second-order valence-corrected chi connectivity index (χ2v) is 6.16. The summed E-state index contributed by atoms with van der Waals surface area (Å²) in [6.07, 6.45) is 10.1. The van der Waals surface area contributed by atoms with Crippen LogP contribution in [0.25, 0.3) is 0 Å². The fourth-order valence-electron chi connectivity index (χ4n) is 2.48. The first-order chi connectivity index (χ1) is 11.5. The van der Waals surface area contributed by atoms with E-state index < -0.39 is 6.23 Å². The highest BCUT2D eigenvalue weighted by molar-refractivity contribution is 5.32. The summed E-state index contributed by atoms with van der Waals surface area (Å²) in [7, 11) is 1.62. The van der Waals surface area contributed by atoms with Crippen LogP contribution in [-0.4, -0.2) is 18.4 Å². The number of methoxy groups -OCH3 is 1. The SMILES string of the molecule is C#C/C(=C\C(=C/C)OC)CC(C)(CC)C(O)NCc1ccccc1. The number of benzene rings is 1. The van der Waals surface area contributed by atoms with Crippen LogP contribution in [0.15, 0.2) is 53.8 Å². The number of hydrogen-bond acceptors (Lipinski definition) is 3. The molecule has 3 nitrogen and oxygen atoms in total. The Morgan fingerprint density at radius 2 is 2.08 bits per heavy atom. The first-order valence-corrected chi connectivity index (χ1v) is 8.32. The zero-order valence-corrected chi connectivity index (χ0v) is 15.2. The third-order valence-corrected chi connectivity index (χ3v) is 4.43. The summed E-state index contributed by atoms with van der Waals surface area (Å²) in [6.45, 7) is 6.63. The van der Waals surface area contributed by atoms with E-state index in [0.29, 0.717) is 13.0 Å². The van der Waals surface area contributed by atoms with Gasteiger partial charge in [0, 0.05) is 17.5 Å². The molecule has 2 N–H and O–H groups in total. The van der Waals surface area contributed by atoms with Crippen molar-refractivity contribution in [2.45, 2.75) is 46.4 Å². The molecule has 0 aromatic heterocycles. The molecule has 24 heavy (non-hydrogen) atoms. The zero-order valence-electron chi connectivity index (χ0n) is 15.2. The molecule has 0 aliphatic rings. The third-order valence-electron chi connectivity index (χ3n) is 4.43. The van der Waals surface area contributed by atoms with Crippen LogP contribution >= 0.6 is 0 Å². The molecule has 0 saturated carbocycles. The van der Waals surface area contributed by atoms with Crippen molar-refractivity contribution < 1.29 is 9.84 Å². The smallest absolute Gasteiger partial charge is 0.115 e. The molecule has 0 bridgehead atoms. The minimum absolute atomic E-state index is 0.362. The molecule has 0 fully saturated rings. The number of terminal acetylenes is 1. The van der Waals surface area contributed by atoms with Gasteiger partial charge in [0.25, 0.3) is 0 Å². The Hall–Kier alpha value is -2.02. The molecule has 0 aliphatic heterocycles. The number of rotatable bonds is 9. The highest BCUT2D eigenvalue weighted by Crippen LogP contribution is 2.33. The number of aliphatic hydroxyl groups is 1. The van der Waals surface area contributed by atoms with Gasteiger partial charge in [0.15, 0.2) is 0 Å². The number of hydrogen-bond donors (Lipinski definition) is 2. The van der Waals surface area contributed by atoms with Crippen molar-refractivity contribution in [2.75, 3.05) is 7.11 Å². The lowest BCUT2D eigenvalue weighted by Crippen LogP contribution is -2.43. The molecule has 1 aromatic rings. The van der Waals surface area contributed by atoms with Crippen LogP contribution in [0.3, 0.4) is 0 Å². The molecular formula is C21H29NO2. The molecule has 3 heteroatoms. The van der Waals surface area contributed by atoms with Gasteiger partial charge in [-0.3, -0.25) is 5.32 Å². The summed E-state index contributed by atoms with van der Waals surface area (Å²) in [4.78, 5) is 0. The Morgan fingerprint density at radius 3 is 2.58 bits per heavy atom. The summed E-state index contributed by atoms with van der Waals surface area (Å²) in [6, 6.07) is 10.0. The van der Waals surface area contributed by atoms with E-state index in [2.05, 4.69) is 18.2 Å². The summed E-state index contributed by atoms with van der Waals surface area (Å²) >= 11 is 0. The van der Waals surface area contributed by atoms with E-state index in [1.54, 1.807) is 7.11 Å². The molecule has 0 saturated heterocycles. The lowest BCUT2D eigenvalue weighted by Gasteiger charge is -2.34. The Morgan fingerprint density at radius 1 is 1.42 bits per heavy atom. The van der Waals surface area contributed by atoms with Crippen molar-refractivity contribution in [3.63, 3.8) is 0 Å². The van der Waals surface area contributed by atoms with Crippen LogP contribution in [0.2, 0.25) is 0 Å². The Bertz CT molecular complexity index is 598. The number of ether oxygens (including phenoxy) is 1. The topological polar surface area (TPSA) is 41.5 Å². The van der Waals surface area contributed by atoms with E-state index in [-0.39, 0.29) is 5.41 Å². The van der Waals surface area contributed by atoms with Crippen LogP contribution in [-0.2, 0) is 11.3 Å². The monoisotopic (exact) mass is 327 g/mol. The van der Waals surface area contributed by atoms with Crippen molar-refractivity contribution in [2.24, 2.45) is 5.41 Å². The van der Waals surface area contributed by atoms with Crippen molar-refractivity contribution in [3.8, 4) is 12.3 Å². The lowest BCUT2D eigenvalue weighted by molar-refractivity contribution is 0.00630. The van der Waals surface area contributed by atoms with Crippen LogP contribution in [0.5, 0.6) is 0 Å². The van der Waals surface area contributed by atoms with Gasteiger partial charge in [0.05, 0.1) is 7.11 Å². The van der Waals surface area contributed by atoms with E-state index in [0.717, 1.165) is 23.3 Å². The normalized spacial score (nSPS) is 16.2. The van der Waals surface area contributed by atoms with Gasteiger partial charge in [0.2, 0.25) is 0 Å². The molecule has 0 radical (unpaired) electrons. The van der Waals surface area contributed by atoms with Gasteiger partial charge in [-0.15, -0.1) is 6.42 Å². The summed E-state index contributed by atoms with van der Waals surface area (Å²) in [5.74, 6) is 3.45. The average Bonchev–Trinajstić information content (AvgIpc) is 2.63. The quantitative estimate of drug-likeness (QED) is 0.312. The first-order valence-electron chi connectivity index (χ1n) is 8.32. The van der Waals surface area contributed by atoms with Gasteiger partial charge in [-0.05, 0) is 37.5 Å². The Labute approximate surface area is 146 Å². The predicted molar refractivity (Wildman–Crippen MR) is 100.0 cm³/mol. The second-order valence-electron chi connectivity index (χ2n) is 6.16. The fourth-order valence-corrected chi connectivity index (χ4v) is 2.48. The van der Waals surface area contributed by atoms with Gasteiger partial charge >= 0.3 is 0 Å². The van der Waals surface area contributed by atoms with E-state index in [1.165, 1.54) is 0 Å². The lowest BCUT2D eigenvalue weighted by atomic mass is 9.79. The molecule has 0 aliphatic carbocycles. The molecule has 1 aromatic carbocycles. The number of aliphatic hydroxyl groups excluding tert-OH is 1. The van der Waals surface area contributed by atoms with Gasteiger partial charge in [-0.2, -0.15) is 0 Å². The highest BCUT2D eigenvalue weighted by Gasteiger charge is 2.31. The molecule has 1 rings (SSSR count). The number of nitrogens with one attached hydrogen (secondary N) is 1. The first kappa shape index (κ1) is 20.0. The van der Waals surface area contributed by atoms with Crippen molar-refractivity contribution in [3.05, 3.63) is 59.4 Å². The minimum atomic E-state index is -0.656. The zero-order chi connectivity index (χ0) is 18.0. The van der Waals surface area contributed by atoms with Gasteiger partial charge in [-0.1, -0.05) is 50.1 Å². The molecule has 2 unspecified atom stereocenters. The maximum atomic E-state index is 10.7. The number of allylic oxidation sites excluding steroid dienone is 3. The standard InChI is InChI=1S/C21H29NO2/c1-6-17(14-19(7-2)24-5)15-21(4,8-3)20(23)22-16-18-12-10-9-11-13-18/h1,7,9-14,20,22-23H,8,15-16H2,2-5H3/b17-14+,19-7+. The van der Waals surface area contributed by atoms with E-state index in [4.69, 9.17) is 11.2 Å². The van der Waals surface area contributed by atoms with Gasteiger partial charge < -0.3 is 9.84 Å². The van der Waals surface area contributed by atoms with Crippen LogP contribution in [0.4, 0.5) is 0 Å². The van der Waals surface area contributed by atoms with Gasteiger partial charge in [-0.25, -0.2) is 0 Å². The average molecular weight is 327 g/mol. The minimum Gasteiger partial charge on any atom is -0.497 e. The maximum Gasteiger partial charge on any atom is 0.115 e. The molecule has 0 amide bonds. The Kier molecular flexibility index (Phi) is 8.32. The van der Waals surface area contributed by atoms with Crippen molar-refractivity contribution >= 4 is 0 Å². The summed E-state index contributed by atoms with van der Waals surface area (Å²) in [5, 5.41) is 13.9. The van der Waals surface area contributed by atoms with Crippen molar-refractivity contribution in [1.82, 2.24) is 5.32 Å². The van der Waals surface area contributed by atoms with Crippen LogP contribution < -0.4 is 5.32 Å². The molecular weight excluding hydrogens is 298 g/mol. The van der Waals surface area contributed by atoms with E-state index in [9.17, 15) is 5.11 Å². The fraction of sp³-hybridized carbons (Fsp3) is 0.429. The molecule has 2 atom stereocenters. The summed E-state index contributed by atoms with van der Waals surface area (Å²) in [5.41, 5.74) is 1.59. The molecule has 0 spiro atoms. The van der Waals surface area contributed by atoms with E-state index in [1.807, 2.05) is 56.3 Å². The molecule has 130 valence electrons. The summed E-state index contributed by atoms with van der Waals surface area (Å²) < 4.78 is 5.26. The third kappa shape index (κ3) is 5.88. The Balaban J connectivity index is 2.81.